The summed E-state index contributed by atoms with van der Waals surface area (Å²) in [6.07, 6.45) is 6.21. The predicted molar refractivity (Wildman–Crippen MR) is 64.7 cm³/mol. The van der Waals surface area contributed by atoms with Crippen molar-refractivity contribution in [1.82, 2.24) is 5.32 Å². The predicted octanol–water partition coefficient (Wildman–Crippen LogP) is 0.0918. The van der Waals surface area contributed by atoms with Crippen molar-refractivity contribution in [2.75, 3.05) is 0 Å². The molecule has 0 aliphatic heterocycles. The van der Waals surface area contributed by atoms with Crippen LogP contribution in [-0.2, 0) is 14.4 Å². The first-order valence-electron chi connectivity index (χ1n) is 5.29. The summed E-state index contributed by atoms with van der Waals surface area (Å²) < 4.78 is 0. The van der Waals surface area contributed by atoms with Gasteiger partial charge in [0.1, 0.15) is 0 Å². The van der Waals surface area contributed by atoms with E-state index in [9.17, 15) is 14.4 Å². The van der Waals surface area contributed by atoms with Gasteiger partial charge in [0.15, 0.2) is 11.6 Å². The minimum absolute atomic E-state index is 0.0885. The SMILES string of the molecule is CC(=O)C(NC1C=CC=CC1=N)(C(C)=O)C(=O)O. The molecule has 3 N–H and O–H groups in total. The van der Waals surface area contributed by atoms with E-state index in [0.717, 1.165) is 13.8 Å². The van der Waals surface area contributed by atoms with E-state index in [0.29, 0.717) is 0 Å². The number of allylic oxidation sites excluding steroid dienone is 2. The van der Waals surface area contributed by atoms with Gasteiger partial charge in [0.25, 0.3) is 0 Å². The van der Waals surface area contributed by atoms with Gasteiger partial charge in [-0.3, -0.25) is 14.9 Å². The summed E-state index contributed by atoms with van der Waals surface area (Å²) in [5.74, 6) is -3.17. The smallest absolute Gasteiger partial charge is 0.339 e. The first-order chi connectivity index (χ1) is 8.32. The average molecular weight is 250 g/mol. The molecule has 18 heavy (non-hydrogen) atoms. The first kappa shape index (κ1) is 14.0. The number of carboxylic acid groups (broad SMARTS) is 1. The van der Waals surface area contributed by atoms with E-state index in [4.69, 9.17) is 10.5 Å². The molecule has 0 radical (unpaired) electrons. The number of Topliss-reactive ketones (excluding diaryl/α,β-unsaturated/α-hetero) is 2. The molecule has 6 nitrogen and oxygen atoms in total. The number of carbonyl (C=O) groups is 3. The number of hydrogen-bond donors (Lipinski definition) is 3. The lowest BCUT2D eigenvalue weighted by Gasteiger charge is -2.29. The molecule has 1 atom stereocenters. The third-order valence-corrected chi connectivity index (χ3v) is 2.77. The fourth-order valence-corrected chi connectivity index (χ4v) is 1.72. The van der Waals surface area contributed by atoms with Crippen LogP contribution in [0.4, 0.5) is 0 Å². The minimum Gasteiger partial charge on any atom is -0.479 e. The maximum Gasteiger partial charge on any atom is 0.339 e. The molecule has 0 aromatic carbocycles. The second-order valence-electron chi connectivity index (χ2n) is 3.99. The molecule has 0 heterocycles. The Labute approximate surface area is 104 Å². The van der Waals surface area contributed by atoms with Gasteiger partial charge in [-0.1, -0.05) is 18.2 Å². The normalized spacial score (nSPS) is 18.8. The lowest BCUT2D eigenvalue weighted by Crippen LogP contribution is -2.65. The van der Waals surface area contributed by atoms with Crippen LogP contribution in [0, 0.1) is 5.41 Å². The largest absolute Gasteiger partial charge is 0.479 e. The van der Waals surface area contributed by atoms with Crippen molar-refractivity contribution < 1.29 is 19.5 Å². The van der Waals surface area contributed by atoms with Crippen molar-refractivity contribution in [3.05, 3.63) is 24.3 Å². The zero-order chi connectivity index (χ0) is 13.9. The van der Waals surface area contributed by atoms with E-state index in [-0.39, 0.29) is 5.71 Å². The van der Waals surface area contributed by atoms with Crippen LogP contribution in [0.2, 0.25) is 0 Å². The number of aliphatic carboxylic acids is 1. The fraction of sp³-hybridized carbons (Fsp3) is 0.333. The zero-order valence-corrected chi connectivity index (χ0v) is 10.1. The van der Waals surface area contributed by atoms with Crippen LogP contribution in [0.25, 0.3) is 0 Å². The molecule has 0 aromatic heterocycles. The van der Waals surface area contributed by atoms with Gasteiger partial charge in [-0.25, -0.2) is 4.79 Å². The van der Waals surface area contributed by atoms with E-state index in [1.54, 1.807) is 12.2 Å². The maximum absolute atomic E-state index is 11.6. The number of ketones is 2. The summed E-state index contributed by atoms with van der Waals surface area (Å²) >= 11 is 0. The Bertz CT molecular complexity index is 440. The molecular weight excluding hydrogens is 236 g/mol. The quantitative estimate of drug-likeness (QED) is 0.599. The van der Waals surface area contributed by atoms with Crippen molar-refractivity contribution >= 4 is 23.2 Å². The average Bonchev–Trinajstić information content (AvgIpc) is 2.26. The third kappa shape index (κ3) is 2.28. The Morgan fingerprint density at radius 1 is 1.28 bits per heavy atom. The highest BCUT2D eigenvalue weighted by Crippen LogP contribution is 2.13. The van der Waals surface area contributed by atoms with E-state index >= 15 is 0 Å². The summed E-state index contributed by atoms with van der Waals surface area (Å²) in [6.45, 7) is 2.07. The highest BCUT2D eigenvalue weighted by molar-refractivity contribution is 6.26. The van der Waals surface area contributed by atoms with Gasteiger partial charge < -0.3 is 10.5 Å². The lowest BCUT2D eigenvalue weighted by molar-refractivity contribution is -0.153. The van der Waals surface area contributed by atoms with Crippen LogP contribution in [0.15, 0.2) is 24.3 Å². The van der Waals surface area contributed by atoms with Crippen LogP contribution in [-0.4, -0.2) is 39.9 Å². The van der Waals surface area contributed by atoms with Crippen molar-refractivity contribution in [2.45, 2.75) is 25.4 Å². The number of hydrogen-bond acceptors (Lipinski definition) is 5. The van der Waals surface area contributed by atoms with E-state index in [1.165, 1.54) is 12.2 Å². The van der Waals surface area contributed by atoms with Crippen molar-refractivity contribution in [3.63, 3.8) is 0 Å². The Morgan fingerprint density at radius 2 is 1.83 bits per heavy atom. The molecule has 1 aliphatic rings. The second-order valence-corrected chi connectivity index (χ2v) is 3.99. The number of nitrogens with one attached hydrogen (secondary N) is 2. The van der Waals surface area contributed by atoms with Gasteiger partial charge in [0.05, 0.1) is 11.8 Å². The van der Waals surface area contributed by atoms with Crippen LogP contribution < -0.4 is 5.32 Å². The minimum atomic E-state index is -2.30. The Kier molecular flexibility index (Phi) is 3.93. The molecule has 0 fully saturated rings. The van der Waals surface area contributed by atoms with E-state index < -0.39 is 29.1 Å². The standard InChI is InChI=1S/C12H14N2O4/c1-7(15)12(8(2)16,11(17)18)14-10-6-4-3-5-9(10)13/h3-6,10,13-14H,1-2H3,(H,17,18). The summed E-state index contributed by atoms with van der Waals surface area (Å²) in [5.41, 5.74) is -2.21. The topological polar surface area (TPSA) is 107 Å². The first-order valence-corrected chi connectivity index (χ1v) is 5.29. The number of carbonyl (C=O) groups excluding carboxylic acids is 2. The highest BCUT2D eigenvalue weighted by atomic mass is 16.4. The van der Waals surface area contributed by atoms with Gasteiger partial charge >= 0.3 is 5.97 Å². The monoisotopic (exact) mass is 250 g/mol. The Balaban J connectivity index is 3.14. The molecule has 96 valence electrons. The molecule has 1 aliphatic carbocycles. The van der Waals surface area contributed by atoms with Gasteiger partial charge in [0, 0.05) is 0 Å². The molecular formula is C12H14N2O4. The second kappa shape index (κ2) is 5.05. The zero-order valence-electron chi connectivity index (χ0n) is 10.1. The summed E-state index contributed by atoms with van der Waals surface area (Å²) in [4.78, 5) is 34.4. The van der Waals surface area contributed by atoms with E-state index in [2.05, 4.69) is 5.32 Å². The van der Waals surface area contributed by atoms with Crippen LogP contribution in [0.5, 0.6) is 0 Å². The lowest BCUT2D eigenvalue weighted by atomic mass is 9.88. The number of rotatable bonds is 5. The highest BCUT2D eigenvalue weighted by Gasteiger charge is 2.49. The molecule has 0 saturated carbocycles. The van der Waals surface area contributed by atoms with Gasteiger partial charge in [0.2, 0.25) is 5.54 Å². The molecule has 0 aromatic rings. The molecule has 6 heteroatoms. The van der Waals surface area contributed by atoms with Gasteiger partial charge in [-0.15, -0.1) is 0 Å². The fourth-order valence-electron chi connectivity index (χ4n) is 1.72. The molecule has 0 saturated heterocycles. The van der Waals surface area contributed by atoms with Gasteiger partial charge in [-0.05, 0) is 19.9 Å². The van der Waals surface area contributed by atoms with Crippen LogP contribution in [0.1, 0.15) is 13.8 Å². The molecule has 1 rings (SSSR count). The third-order valence-electron chi connectivity index (χ3n) is 2.77. The molecule has 0 bridgehead atoms. The molecule has 0 spiro atoms. The maximum atomic E-state index is 11.6. The van der Waals surface area contributed by atoms with Crippen molar-refractivity contribution in [2.24, 2.45) is 0 Å². The van der Waals surface area contributed by atoms with Gasteiger partial charge in [-0.2, -0.15) is 0 Å². The molecule has 0 amide bonds. The number of carboxylic acids is 1. The van der Waals surface area contributed by atoms with Crippen LogP contribution >= 0.6 is 0 Å². The van der Waals surface area contributed by atoms with Crippen LogP contribution in [0.3, 0.4) is 0 Å². The Morgan fingerprint density at radius 3 is 2.22 bits per heavy atom. The summed E-state index contributed by atoms with van der Waals surface area (Å²) in [5, 5.41) is 19.3. The summed E-state index contributed by atoms with van der Waals surface area (Å²) in [6, 6.07) is -0.779. The van der Waals surface area contributed by atoms with Crippen molar-refractivity contribution in [1.29, 1.82) is 5.41 Å². The summed E-state index contributed by atoms with van der Waals surface area (Å²) in [7, 11) is 0. The van der Waals surface area contributed by atoms with Crippen molar-refractivity contribution in [3.8, 4) is 0 Å². The van der Waals surface area contributed by atoms with E-state index in [1.807, 2.05) is 0 Å². The molecule has 1 unspecified atom stereocenters. The Hall–Kier alpha value is -2.08.